The fourth-order valence-electron chi connectivity index (χ4n) is 2.26. The summed E-state index contributed by atoms with van der Waals surface area (Å²) in [7, 11) is -3.97. The molecule has 0 fully saturated rings. The summed E-state index contributed by atoms with van der Waals surface area (Å²) in [6, 6.07) is 7.40. The Bertz CT molecular complexity index is 838. The molecule has 0 unspecified atom stereocenters. The monoisotopic (exact) mass is 306 g/mol. The van der Waals surface area contributed by atoms with Crippen molar-refractivity contribution in [1.29, 1.82) is 0 Å². The summed E-state index contributed by atoms with van der Waals surface area (Å²) >= 11 is 0. The van der Waals surface area contributed by atoms with Gasteiger partial charge in [0.15, 0.2) is 0 Å². The molecule has 1 aliphatic heterocycles. The number of aromatic nitrogens is 2. The van der Waals surface area contributed by atoms with Crippen LogP contribution in [0.4, 0.5) is 0 Å². The molecule has 0 aliphatic carbocycles. The Morgan fingerprint density at radius 2 is 1.95 bits per heavy atom. The number of fused-ring (bicyclic) bond motifs is 1. The third kappa shape index (κ3) is 2.69. The van der Waals surface area contributed by atoms with E-state index in [2.05, 4.69) is 4.98 Å². The molecule has 110 valence electrons. The van der Waals surface area contributed by atoms with Gasteiger partial charge in [0.05, 0.1) is 6.07 Å². The van der Waals surface area contributed by atoms with Crippen LogP contribution in [0.2, 0.25) is 0 Å². The van der Waals surface area contributed by atoms with Crippen LogP contribution >= 0.6 is 0 Å². The zero-order valence-electron chi connectivity index (χ0n) is 11.4. The van der Waals surface area contributed by atoms with Gasteiger partial charge in [-0.05, 0) is 25.5 Å². The fourth-order valence-corrected chi connectivity index (χ4v) is 3.14. The van der Waals surface area contributed by atoms with Crippen molar-refractivity contribution >= 4 is 10.1 Å². The number of hydrogen-bond acceptors (Lipinski definition) is 5. The van der Waals surface area contributed by atoms with Gasteiger partial charge in [-0.3, -0.25) is 9.36 Å². The highest BCUT2D eigenvalue weighted by Gasteiger charge is 2.20. The van der Waals surface area contributed by atoms with Gasteiger partial charge < -0.3 is 4.18 Å². The number of nitrogens with zero attached hydrogens (tertiary/aromatic N) is 2. The Labute approximate surface area is 122 Å². The van der Waals surface area contributed by atoms with Crippen molar-refractivity contribution in [3.63, 3.8) is 0 Å². The lowest BCUT2D eigenvalue weighted by atomic mass is 10.2. The van der Waals surface area contributed by atoms with Gasteiger partial charge in [0.2, 0.25) is 5.88 Å². The molecule has 0 saturated heterocycles. The van der Waals surface area contributed by atoms with Crippen LogP contribution in [-0.2, 0) is 23.1 Å². The van der Waals surface area contributed by atoms with Gasteiger partial charge in [-0.2, -0.15) is 13.4 Å². The smallest absolute Gasteiger partial charge is 0.340 e. The molecule has 2 heterocycles. The first-order chi connectivity index (χ1) is 9.95. The molecule has 0 N–H and O–H groups in total. The summed E-state index contributed by atoms with van der Waals surface area (Å²) in [5, 5.41) is 0. The molecule has 0 bridgehead atoms. The van der Waals surface area contributed by atoms with E-state index < -0.39 is 10.1 Å². The van der Waals surface area contributed by atoms with Crippen LogP contribution in [0.3, 0.4) is 0 Å². The van der Waals surface area contributed by atoms with Crippen molar-refractivity contribution in [2.45, 2.75) is 31.2 Å². The van der Waals surface area contributed by atoms with Gasteiger partial charge in [-0.25, -0.2) is 0 Å². The van der Waals surface area contributed by atoms with E-state index in [0.717, 1.165) is 18.1 Å². The van der Waals surface area contributed by atoms with E-state index in [-0.39, 0.29) is 16.3 Å². The van der Waals surface area contributed by atoms with E-state index in [1.807, 2.05) is 6.92 Å². The Balaban J connectivity index is 1.94. The third-order valence-corrected chi connectivity index (χ3v) is 4.59. The maximum atomic E-state index is 12.2. The minimum absolute atomic E-state index is 0.0375. The van der Waals surface area contributed by atoms with Gasteiger partial charge in [-0.1, -0.05) is 17.7 Å². The lowest BCUT2D eigenvalue weighted by molar-refractivity contribution is 0.471. The van der Waals surface area contributed by atoms with Crippen molar-refractivity contribution in [1.82, 2.24) is 9.55 Å². The van der Waals surface area contributed by atoms with Crippen LogP contribution in [0.15, 0.2) is 40.0 Å². The average molecular weight is 306 g/mol. The molecule has 2 aromatic rings. The van der Waals surface area contributed by atoms with Gasteiger partial charge in [-0.15, -0.1) is 0 Å². The molecule has 0 spiro atoms. The van der Waals surface area contributed by atoms with E-state index in [1.165, 1.54) is 16.7 Å². The van der Waals surface area contributed by atoms with Gasteiger partial charge in [0.25, 0.3) is 5.56 Å². The molecule has 1 aromatic heterocycles. The van der Waals surface area contributed by atoms with E-state index in [1.54, 1.807) is 12.1 Å². The second-order valence-corrected chi connectivity index (χ2v) is 6.50. The second-order valence-electron chi connectivity index (χ2n) is 4.95. The Hall–Kier alpha value is -2.15. The summed E-state index contributed by atoms with van der Waals surface area (Å²) in [4.78, 5) is 16.0. The number of aryl methyl sites for hydroxylation is 2. The number of rotatable bonds is 3. The zero-order valence-corrected chi connectivity index (χ0v) is 12.3. The summed E-state index contributed by atoms with van der Waals surface area (Å²) in [6.45, 7) is 2.48. The molecule has 21 heavy (non-hydrogen) atoms. The topological polar surface area (TPSA) is 78.3 Å². The molecule has 0 saturated carbocycles. The van der Waals surface area contributed by atoms with Gasteiger partial charge in [0.1, 0.15) is 10.7 Å². The SMILES string of the molecule is Cc1ccc(S(=O)(=O)Oc2cc(=O)n3c(n2)CCC3)cc1. The van der Waals surface area contributed by atoms with Gasteiger partial charge >= 0.3 is 10.1 Å². The van der Waals surface area contributed by atoms with Crippen LogP contribution in [-0.4, -0.2) is 18.0 Å². The normalized spacial score (nSPS) is 14.0. The minimum atomic E-state index is -3.97. The molecule has 3 rings (SSSR count). The van der Waals surface area contributed by atoms with Crippen molar-refractivity contribution in [2.75, 3.05) is 0 Å². The summed E-state index contributed by atoms with van der Waals surface area (Å²) < 4.78 is 30.8. The quantitative estimate of drug-likeness (QED) is 0.798. The van der Waals surface area contributed by atoms with Crippen LogP contribution in [0.25, 0.3) is 0 Å². The minimum Gasteiger partial charge on any atom is -0.358 e. The maximum Gasteiger partial charge on any atom is 0.340 e. The van der Waals surface area contributed by atoms with Crippen molar-refractivity contribution in [3.05, 3.63) is 52.1 Å². The van der Waals surface area contributed by atoms with Gasteiger partial charge in [0, 0.05) is 13.0 Å². The Morgan fingerprint density at radius 1 is 1.24 bits per heavy atom. The van der Waals surface area contributed by atoms with Crippen LogP contribution in [0.5, 0.6) is 5.88 Å². The van der Waals surface area contributed by atoms with E-state index in [9.17, 15) is 13.2 Å². The maximum absolute atomic E-state index is 12.2. The fraction of sp³-hybridized carbons (Fsp3) is 0.286. The lowest BCUT2D eigenvalue weighted by Crippen LogP contribution is -2.21. The van der Waals surface area contributed by atoms with Crippen LogP contribution in [0.1, 0.15) is 17.8 Å². The zero-order chi connectivity index (χ0) is 15.0. The molecule has 7 heteroatoms. The Kier molecular flexibility index (Phi) is 3.29. The van der Waals surface area contributed by atoms with Crippen LogP contribution in [0, 0.1) is 6.92 Å². The molecule has 0 amide bonds. The van der Waals surface area contributed by atoms with Crippen molar-refractivity contribution < 1.29 is 12.6 Å². The number of hydrogen-bond donors (Lipinski definition) is 0. The molecule has 6 nitrogen and oxygen atoms in total. The summed E-state index contributed by atoms with van der Waals surface area (Å²) in [5.41, 5.74) is 0.662. The average Bonchev–Trinajstić information content (AvgIpc) is 2.87. The third-order valence-electron chi connectivity index (χ3n) is 3.35. The highest BCUT2D eigenvalue weighted by atomic mass is 32.2. The van der Waals surface area contributed by atoms with Crippen molar-refractivity contribution in [3.8, 4) is 5.88 Å². The van der Waals surface area contributed by atoms with E-state index in [0.29, 0.717) is 18.8 Å². The molecular formula is C14H14N2O4S. The first-order valence-corrected chi connectivity index (χ1v) is 7.98. The largest absolute Gasteiger partial charge is 0.358 e. The van der Waals surface area contributed by atoms with E-state index in [4.69, 9.17) is 4.18 Å². The number of benzene rings is 1. The molecule has 1 aliphatic rings. The van der Waals surface area contributed by atoms with Crippen LogP contribution < -0.4 is 9.74 Å². The predicted octanol–water partition coefficient (Wildman–Crippen LogP) is 1.27. The summed E-state index contributed by atoms with van der Waals surface area (Å²) in [6.07, 6.45) is 1.48. The molecular weight excluding hydrogens is 292 g/mol. The lowest BCUT2D eigenvalue weighted by Gasteiger charge is -2.08. The van der Waals surface area contributed by atoms with E-state index >= 15 is 0 Å². The van der Waals surface area contributed by atoms with Crippen molar-refractivity contribution in [2.24, 2.45) is 0 Å². The molecule has 0 radical (unpaired) electrons. The highest BCUT2D eigenvalue weighted by Crippen LogP contribution is 2.18. The molecule has 0 atom stereocenters. The second kappa shape index (κ2) is 5.00. The molecule has 1 aromatic carbocycles. The Morgan fingerprint density at radius 3 is 2.67 bits per heavy atom. The first kappa shape index (κ1) is 13.8. The summed E-state index contributed by atoms with van der Waals surface area (Å²) in [5.74, 6) is 0.394. The standard InChI is InChI=1S/C14H14N2O4S/c1-10-4-6-11(7-5-10)21(18,19)20-13-9-14(17)16-8-2-3-12(16)15-13/h4-7,9H,2-3,8H2,1H3. The predicted molar refractivity (Wildman–Crippen MR) is 75.8 cm³/mol. The first-order valence-electron chi connectivity index (χ1n) is 6.58. The highest BCUT2D eigenvalue weighted by molar-refractivity contribution is 7.87.